The Morgan fingerprint density at radius 2 is 2.29 bits per heavy atom. The summed E-state index contributed by atoms with van der Waals surface area (Å²) in [4.78, 5) is 16.1. The molecule has 94 valence electrons. The lowest BCUT2D eigenvalue weighted by atomic mass is 10.2. The van der Waals surface area contributed by atoms with Gasteiger partial charge in [-0.1, -0.05) is 12.1 Å². The van der Waals surface area contributed by atoms with Crippen molar-refractivity contribution in [3.8, 4) is 0 Å². The van der Waals surface area contributed by atoms with Crippen LogP contribution in [0.1, 0.15) is 5.56 Å². The molecular weight excluding hydrogens is 291 g/mol. The van der Waals surface area contributed by atoms with Crippen LogP contribution < -0.4 is 5.32 Å². The lowest BCUT2D eigenvalue weighted by Gasteiger charge is -2.14. The van der Waals surface area contributed by atoms with Crippen molar-refractivity contribution in [2.45, 2.75) is 6.54 Å². The fourth-order valence-electron chi connectivity index (χ4n) is 1.20. The summed E-state index contributed by atoms with van der Waals surface area (Å²) in [5.41, 5.74) is 0.762. The summed E-state index contributed by atoms with van der Waals surface area (Å²) in [7, 11) is 2.95. The van der Waals surface area contributed by atoms with Gasteiger partial charge in [0.25, 0.3) is 5.91 Å². The molecule has 0 aliphatic heterocycles. The van der Waals surface area contributed by atoms with Gasteiger partial charge in [0.05, 0.1) is 18.1 Å². The van der Waals surface area contributed by atoms with Gasteiger partial charge >= 0.3 is 0 Å². The first-order valence-electron chi connectivity index (χ1n) is 5.00. The van der Waals surface area contributed by atoms with Gasteiger partial charge in [-0.15, -0.1) is 0 Å². The van der Waals surface area contributed by atoms with Crippen LogP contribution in [-0.4, -0.2) is 31.7 Å². The molecule has 0 bridgehead atoms. The van der Waals surface area contributed by atoms with Gasteiger partial charge in [-0.2, -0.15) is 0 Å². The van der Waals surface area contributed by atoms with E-state index in [1.165, 1.54) is 20.2 Å². The largest absolute Gasteiger partial charge is 0.304 e. The highest BCUT2D eigenvalue weighted by Crippen LogP contribution is 2.19. The van der Waals surface area contributed by atoms with Crippen LogP contribution in [0.5, 0.6) is 0 Å². The minimum absolute atomic E-state index is 0.132. The molecule has 1 aromatic carbocycles. The molecule has 0 fully saturated rings. The Morgan fingerprint density at radius 1 is 1.59 bits per heavy atom. The Bertz CT molecular complexity index is 401. The number of benzene rings is 1. The maximum Gasteiger partial charge on any atom is 0.259 e. The van der Waals surface area contributed by atoms with Crippen molar-refractivity contribution >= 4 is 21.8 Å². The fraction of sp³-hybridized carbons (Fsp3) is 0.364. The highest BCUT2D eigenvalue weighted by Gasteiger charge is 2.08. The summed E-state index contributed by atoms with van der Waals surface area (Å²) in [5, 5.41) is 4.05. The molecule has 0 aliphatic carbocycles. The number of carbonyl (C=O) groups is 1. The van der Waals surface area contributed by atoms with Crippen molar-refractivity contribution < 1.29 is 14.0 Å². The topological polar surface area (TPSA) is 41.6 Å². The van der Waals surface area contributed by atoms with Crippen molar-refractivity contribution in [2.24, 2.45) is 0 Å². The third kappa shape index (κ3) is 4.07. The molecule has 0 heterocycles. The third-order valence-corrected chi connectivity index (χ3v) is 3.14. The molecule has 0 atom stereocenters. The first kappa shape index (κ1) is 14.1. The molecule has 0 saturated heterocycles. The molecule has 1 amide bonds. The van der Waals surface area contributed by atoms with E-state index < -0.39 is 0 Å². The minimum atomic E-state index is -0.315. The van der Waals surface area contributed by atoms with Crippen LogP contribution in [0.2, 0.25) is 0 Å². The monoisotopic (exact) mass is 304 g/mol. The van der Waals surface area contributed by atoms with Crippen molar-refractivity contribution in [2.75, 3.05) is 20.7 Å². The summed E-state index contributed by atoms with van der Waals surface area (Å²) in [6.07, 6.45) is 0. The van der Waals surface area contributed by atoms with Crippen molar-refractivity contribution in [3.05, 3.63) is 34.1 Å². The van der Waals surface area contributed by atoms with E-state index in [1.54, 1.807) is 12.1 Å². The lowest BCUT2D eigenvalue weighted by molar-refractivity contribution is -0.167. The molecule has 0 aliphatic rings. The number of halogens is 2. The van der Waals surface area contributed by atoms with E-state index >= 15 is 0 Å². The average molecular weight is 305 g/mol. The van der Waals surface area contributed by atoms with E-state index in [0.29, 0.717) is 11.0 Å². The maximum absolute atomic E-state index is 13.2. The van der Waals surface area contributed by atoms with Gasteiger partial charge in [-0.3, -0.25) is 9.63 Å². The first-order valence-corrected chi connectivity index (χ1v) is 5.79. The molecule has 0 saturated carbocycles. The Labute approximate surface area is 108 Å². The normalized spacial score (nSPS) is 10.4. The molecule has 1 aromatic rings. The molecule has 1 rings (SSSR count). The van der Waals surface area contributed by atoms with Gasteiger partial charge in [0.1, 0.15) is 5.82 Å². The van der Waals surface area contributed by atoms with Crippen LogP contribution >= 0.6 is 15.9 Å². The number of nitrogens with one attached hydrogen (secondary N) is 1. The van der Waals surface area contributed by atoms with Gasteiger partial charge < -0.3 is 5.32 Å². The van der Waals surface area contributed by atoms with E-state index in [-0.39, 0.29) is 18.3 Å². The van der Waals surface area contributed by atoms with Gasteiger partial charge in [-0.05, 0) is 27.6 Å². The van der Waals surface area contributed by atoms with Crippen LogP contribution in [-0.2, 0) is 16.2 Å². The van der Waals surface area contributed by atoms with E-state index in [1.807, 2.05) is 0 Å². The SMILES string of the molecule is CON(C)C(=O)CNCc1cccc(F)c1Br. The number of likely N-dealkylation sites (N-methyl/N-ethyl adjacent to an activating group) is 1. The Kier molecular flexibility index (Phi) is 5.54. The number of hydrogen-bond donors (Lipinski definition) is 1. The Hall–Kier alpha value is -0.980. The number of carbonyl (C=O) groups excluding carboxylic acids is 1. The molecular formula is C11H14BrFN2O2. The molecule has 0 unspecified atom stereocenters. The quantitative estimate of drug-likeness (QED) is 0.842. The Balaban J connectivity index is 2.46. The molecule has 4 nitrogen and oxygen atoms in total. The molecule has 6 heteroatoms. The highest BCUT2D eigenvalue weighted by atomic mass is 79.9. The second-order valence-corrected chi connectivity index (χ2v) is 4.18. The maximum atomic E-state index is 13.2. The van der Waals surface area contributed by atoms with Crippen molar-refractivity contribution in [1.29, 1.82) is 0 Å². The van der Waals surface area contributed by atoms with Crippen LogP contribution in [0.4, 0.5) is 4.39 Å². The first-order chi connectivity index (χ1) is 8.06. The summed E-state index contributed by atoms with van der Waals surface area (Å²) in [5.74, 6) is -0.510. The van der Waals surface area contributed by atoms with E-state index in [4.69, 9.17) is 4.84 Å². The van der Waals surface area contributed by atoms with Crippen LogP contribution in [0.25, 0.3) is 0 Å². The second kappa shape index (κ2) is 6.68. The van der Waals surface area contributed by atoms with Crippen molar-refractivity contribution in [1.82, 2.24) is 10.4 Å². The molecule has 17 heavy (non-hydrogen) atoms. The lowest BCUT2D eigenvalue weighted by Crippen LogP contribution is -2.34. The summed E-state index contributed by atoms with van der Waals surface area (Å²) in [6, 6.07) is 4.78. The van der Waals surface area contributed by atoms with Crippen LogP contribution in [0, 0.1) is 5.82 Å². The highest BCUT2D eigenvalue weighted by molar-refractivity contribution is 9.10. The van der Waals surface area contributed by atoms with E-state index in [9.17, 15) is 9.18 Å². The third-order valence-electron chi connectivity index (χ3n) is 2.25. The predicted molar refractivity (Wildman–Crippen MR) is 65.6 cm³/mol. The number of rotatable bonds is 5. The minimum Gasteiger partial charge on any atom is -0.304 e. The average Bonchev–Trinajstić information content (AvgIpc) is 2.33. The smallest absolute Gasteiger partial charge is 0.259 e. The summed E-state index contributed by atoms with van der Waals surface area (Å²) < 4.78 is 13.6. The van der Waals surface area contributed by atoms with Crippen LogP contribution in [0.15, 0.2) is 22.7 Å². The van der Waals surface area contributed by atoms with Gasteiger partial charge in [0.15, 0.2) is 0 Å². The zero-order valence-corrected chi connectivity index (χ0v) is 11.3. The van der Waals surface area contributed by atoms with Gasteiger partial charge in [0, 0.05) is 13.6 Å². The number of hydroxylamine groups is 2. The van der Waals surface area contributed by atoms with Gasteiger partial charge in [0.2, 0.25) is 0 Å². The van der Waals surface area contributed by atoms with E-state index in [2.05, 4.69) is 21.2 Å². The summed E-state index contributed by atoms with van der Waals surface area (Å²) in [6.45, 7) is 0.537. The standard InChI is InChI=1S/C11H14BrFN2O2/c1-15(17-2)10(16)7-14-6-8-4-3-5-9(13)11(8)12/h3-5,14H,6-7H2,1-2H3. The van der Waals surface area contributed by atoms with Crippen LogP contribution in [0.3, 0.4) is 0 Å². The zero-order valence-electron chi connectivity index (χ0n) is 9.67. The molecule has 1 N–H and O–H groups in total. The predicted octanol–water partition coefficient (Wildman–Crippen LogP) is 1.70. The molecule has 0 radical (unpaired) electrons. The second-order valence-electron chi connectivity index (χ2n) is 3.39. The molecule has 0 aromatic heterocycles. The van der Waals surface area contributed by atoms with Crippen molar-refractivity contribution in [3.63, 3.8) is 0 Å². The number of nitrogens with zero attached hydrogens (tertiary/aromatic N) is 1. The van der Waals surface area contributed by atoms with E-state index in [0.717, 1.165) is 10.6 Å². The fourth-order valence-corrected chi connectivity index (χ4v) is 1.61. The molecule has 0 spiro atoms. The number of amides is 1. The van der Waals surface area contributed by atoms with Gasteiger partial charge in [-0.25, -0.2) is 9.45 Å². The zero-order chi connectivity index (χ0) is 12.8. The summed E-state index contributed by atoms with van der Waals surface area (Å²) >= 11 is 3.15. The number of hydrogen-bond acceptors (Lipinski definition) is 3. The Morgan fingerprint density at radius 3 is 2.94 bits per heavy atom.